The van der Waals surface area contributed by atoms with E-state index in [2.05, 4.69) is 61.5 Å². The molecule has 0 unspecified atom stereocenters. The molecule has 0 atom stereocenters. The maximum atomic E-state index is 12.7. The highest BCUT2D eigenvalue weighted by atomic mass is 16.5. The predicted molar refractivity (Wildman–Crippen MR) is 136 cm³/mol. The van der Waals surface area contributed by atoms with Gasteiger partial charge in [0, 0.05) is 37.9 Å². The van der Waals surface area contributed by atoms with Gasteiger partial charge in [0.1, 0.15) is 17.1 Å². The predicted octanol–water partition coefficient (Wildman–Crippen LogP) is 6.29. The Bertz CT molecular complexity index is 1160. The molecule has 34 heavy (non-hydrogen) atoms. The molecule has 2 heterocycles. The van der Waals surface area contributed by atoms with E-state index in [9.17, 15) is 4.79 Å². The molecule has 4 heteroatoms. The van der Waals surface area contributed by atoms with Crippen LogP contribution in [0.15, 0.2) is 78.9 Å². The van der Waals surface area contributed by atoms with E-state index in [1.165, 1.54) is 16.7 Å². The van der Waals surface area contributed by atoms with E-state index in [-0.39, 0.29) is 11.5 Å². The standard InChI is InChI=1S/C30H31NO3/c1-23-9-12-27(13-10-23)33-21-5-8-29(32)31-19-17-30(18-20-31)16-15-26-22-25(11-14-28(26)34-30)24-6-3-2-4-7-24/h2-4,6-7,9-16,22H,5,8,17-21H2,1H3. The smallest absolute Gasteiger partial charge is 0.222 e. The summed E-state index contributed by atoms with van der Waals surface area (Å²) in [6.07, 6.45) is 7.25. The highest BCUT2D eigenvalue weighted by Crippen LogP contribution is 2.38. The van der Waals surface area contributed by atoms with E-state index >= 15 is 0 Å². The Morgan fingerprint density at radius 2 is 1.74 bits per heavy atom. The molecule has 1 saturated heterocycles. The van der Waals surface area contributed by atoms with Crippen molar-refractivity contribution in [2.45, 2.75) is 38.2 Å². The second kappa shape index (κ2) is 9.76. The van der Waals surface area contributed by atoms with Crippen LogP contribution >= 0.6 is 0 Å². The number of likely N-dealkylation sites (tertiary alicyclic amines) is 1. The first kappa shape index (κ1) is 22.3. The zero-order chi connectivity index (χ0) is 23.4. The largest absolute Gasteiger partial charge is 0.494 e. The Hall–Kier alpha value is -3.53. The minimum Gasteiger partial charge on any atom is -0.494 e. The first-order chi connectivity index (χ1) is 16.6. The lowest BCUT2D eigenvalue weighted by molar-refractivity contribution is -0.134. The third-order valence-corrected chi connectivity index (χ3v) is 6.78. The lowest BCUT2D eigenvalue weighted by Crippen LogP contribution is -2.49. The molecule has 1 fully saturated rings. The normalized spacial score (nSPS) is 16.1. The van der Waals surface area contributed by atoms with E-state index in [0.29, 0.717) is 13.0 Å². The Balaban J connectivity index is 1.12. The van der Waals surface area contributed by atoms with Crippen LogP contribution in [0.2, 0.25) is 0 Å². The summed E-state index contributed by atoms with van der Waals surface area (Å²) in [7, 11) is 0. The average Bonchev–Trinajstić information content (AvgIpc) is 2.88. The van der Waals surface area contributed by atoms with E-state index in [0.717, 1.165) is 49.4 Å². The van der Waals surface area contributed by atoms with Crippen LogP contribution in [0, 0.1) is 6.92 Å². The minimum absolute atomic E-state index is 0.204. The number of hydrogen-bond donors (Lipinski definition) is 0. The van der Waals surface area contributed by atoms with Crippen molar-refractivity contribution in [3.63, 3.8) is 0 Å². The van der Waals surface area contributed by atoms with Crippen LogP contribution in [-0.2, 0) is 4.79 Å². The Morgan fingerprint density at radius 3 is 2.50 bits per heavy atom. The summed E-state index contributed by atoms with van der Waals surface area (Å²) >= 11 is 0. The van der Waals surface area contributed by atoms with E-state index in [1.54, 1.807) is 0 Å². The van der Waals surface area contributed by atoms with Gasteiger partial charge in [-0.05, 0) is 54.8 Å². The summed E-state index contributed by atoms with van der Waals surface area (Å²) in [6, 6.07) is 24.8. The van der Waals surface area contributed by atoms with Crippen molar-refractivity contribution in [3.8, 4) is 22.6 Å². The van der Waals surface area contributed by atoms with Gasteiger partial charge in [-0.3, -0.25) is 4.79 Å². The molecule has 0 saturated carbocycles. The lowest BCUT2D eigenvalue weighted by atomic mass is 9.87. The zero-order valence-corrected chi connectivity index (χ0v) is 19.7. The molecule has 5 rings (SSSR count). The second-order valence-corrected chi connectivity index (χ2v) is 9.26. The number of hydrogen-bond acceptors (Lipinski definition) is 3. The van der Waals surface area contributed by atoms with Crippen LogP contribution in [-0.4, -0.2) is 36.1 Å². The quantitative estimate of drug-likeness (QED) is 0.412. The van der Waals surface area contributed by atoms with Crippen molar-refractivity contribution in [1.82, 2.24) is 4.90 Å². The highest BCUT2D eigenvalue weighted by molar-refractivity contribution is 5.76. The van der Waals surface area contributed by atoms with Crippen molar-refractivity contribution < 1.29 is 14.3 Å². The molecule has 2 aliphatic rings. The molecular weight excluding hydrogens is 422 g/mol. The molecule has 3 aromatic rings. The molecule has 1 amide bonds. The fourth-order valence-electron chi connectivity index (χ4n) is 4.69. The fourth-order valence-corrected chi connectivity index (χ4v) is 4.69. The number of nitrogens with zero attached hydrogens (tertiary/aromatic N) is 1. The molecule has 2 aliphatic heterocycles. The van der Waals surface area contributed by atoms with Gasteiger partial charge in [-0.1, -0.05) is 60.2 Å². The molecule has 0 bridgehead atoms. The number of rotatable bonds is 6. The van der Waals surface area contributed by atoms with E-state index in [1.807, 2.05) is 35.2 Å². The lowest BCUT2D eigenvalue weighted by Gasteiger charge is -2.42. The first-order valence-electron chi connectivity index (χ1n) is 12.2. The van der Waals surface area contributed by atoms with Crippen molar-refractivity contribution in [2.24, 2.45) is 0 Å². The monoisotopic (exact) mass is 453 g/mol. The van der Waals surface area contributed by atoms with Gasteiger partial charge in [0.2, 0.25) is 5.91 Å². The van der Waals surface area contributed by atoms with Crippen LogP contribution < -0.4 is 9.47 Å². The number of ether oxygens (including phenoxy) is 2. The van der Waals surface area contributed by atoms with Crippen LogP contribution in [0.25, 0.3) is 17.2 Å². The van der Waals surface area contributed by atoms with Crippen molar-refractivity contribution in [3.05, 3.63) is 90.0 Å². The van der Waals surface area contributed by atoms with Crippen molar-refractivity contribution in [1.29, 1.82) is 0 Å². The SMILES string of the molecule is Cc1ccc(OCCCC(=O)N2CCC3(C=Cc4cc(-c5ccccc5)ccc4O3)CC2)cc1. The summed E-state index contributed by atoms with van der Waals surface area (Å²) < 4.78 is 12.2. The average molecular weight is 454 g/mol. The summed E-state index contributed by atoms with van der Waals surface area (Å²) in [5.74, 6) is 1.99. The summed E-state index contributed by atoms with van der Waals surface area (Å²) in [5, 5.41) is 0. The Kier molecular flexibility index (Phi) is 6.39. The molecule has 0 radical (unpaired) electrons. The maximum Gasteiger partial charge on any atom is 0.222 e. The maximum absolute atomic E-state index is 12.7. The molecule has 3 aromatic carbocycles. The van der Waals surface area contributed by atoms with E-state index < -0.39 is 0 Å². The zero-order valence-electron chi connectivity index (χ0n) is 19.7. The van der Waals surface area contributed by atoms with Crippen LogP contribution in [0.1, 0.15) is 36.8 Å². The molecule has 4 nitrogen and oxygen atoms in total. The molecule has 1 spiro atoms. The summed E-state index contributed by atoms with van der Waals surface area (Å²) in [4.78, 5) is 14.7. The van der Waals surface area contributed by atoms with Gasteiger partial charge in [-0.25, -0.2) is 0 Å². The number of piperidine rings is 1. The molecule has 0 N–H and O–H groups in total. The number of carbonyl (C=O) groups excluding carboxylic acids is 1. The first-order valence-corrected chi connectivity index (χ1v) is 12.2. The number of aryl methyl sites for hydroxylation is 1. The number of benzene rings is 3. The number of amides is 1. The molecule has 0 aliphatic carbocycles. The van der Waals surface area contributed by atoms with Gasteiger partial charge in [-0.2, -0.15) is 0 Å². The fraction of sp³-hybridized carbons (Fsp3) is 0.300. The molecule has 0 aromatic heterocycles. The van der Waals surface area contributed by atoms with Gasteiger partial charge in [0.05, 0.1) is 6.61 Å². The van der Waals surface area contributed by atoms with Crippen LogP contribution in [0.4, 0.5) is 0 Å². The van der Waals surface area contributed by atoms with Crippen molar-refractivity contribution in [2.75, 3.05) is 19.7 Å². The number of fused-ring (bicyclic) bond motifs is 1. The molecular formula is C30H31NO3. The van der Waals surface area contributed by atoms with Gasteiger partial charge in [-0.15, -0.1) is 0 Å². The third kappa shape index (κ3) is 5.01. The van der Waals surface area contributed by atoms with Gasteiger partial charge in [0.25, 0.3) is 0 Å². The van der Waals surface area contributed by atoms with Crippen LogP contribution in [0.3, 0.4) is 0 Å². The van der Waals surface area contributed by atoms with Gasteiger partial charge in [0.15, 0.2) is 0 Å². The topological polar surface area (TPSA) is 38.8 Å². The third-order valence-electron chi connectivity index (χ3n) is 6.78. The number of carbonyl (C=O) groups is 1. The Morgan fingerprint density at radius 1 is 0.971 bits per heavy atom. The highest BCUT2D eigenvalue weighted by Gasteiger charge is 2.37. The summed E-state index contributed by atoms with van der Waals surface area (Å²) in [5.41, 5.74) is 4.40. The Labute approximate surface area is 201 Å². The van der Waals surface area contributed by atoms with Crippen LogP contribution in [0.5, 0.6) is 11.5 Å². The minimum atomic E-state index is -0.313. The van der Waals surface area contributed by atoms with Crippen molar-refractivity contribution >= 4 is 12.0 Å². The molecule has 174 valence electrons. The van der Waals surface area contributed by atoms with Gasteiger partial charge < -0.3 is 14.4 Å². The summed E-state index contributed by atoms with van der Waals surface area (Å²) in [6.45, 7) is 4.05. The second-order valence-electron chi connectivity index (χ2n) is 9.26. The van der Waals surface area contributed by atoms with Gasteiger partial charge >= 0.3 is 0 Å². The van der Waals surface area contributed by atoms with E-state index in [4.69, 9.17) is 9.47 Å².